The van der Waals surface area contributed by atoms with Crippen LogP contribution in [-0.2, 0) is 9.53 Å². The van der Waals surface area contributed by atoms with E-state index in [1.54, 1.807) is 29.2 Å². The average Bonchev–Trinajstić information content (AvgIpc) is 2.97. The molecule has 0 radical (unpaired) electrons. The Morgan fingerprint density at radius 2 is 2.08 bits per heavy atom. The number of amides is 2. The van der Waals surface area contributed by atoms with E-state index in [1.807, 2.05) is 24.3 Å². The van der Waals surface area contributed by atoms with Crippen LogP contribution in [0.25, 0.3) is 16.2 Å². The highest BCUT2D eigenvalue weighted by molar-refractivity contribution is 7.20. The number of ether oxygens (including phenoxy) is 1. The van der Waals surface area contributed by atoms with Crippen LogP contribution in [0.3, 0.4) is 0 Å². The molecule has 2 amide bonds. The number of benzene rings is 1. The number of rotatable bonds is 4. The van der Waals surface area contributed by atoms with Gasteiger partial charge in [-0.2, -0.15) is 0 Å². The second-order valence-electron chi connectivity index (χ2n) is 6.08. The van der Waals surface area contributed by atoms with Gasteiger partial charge in [0.2, 0.25) is 5.91 Å². The maximum atomic E-state index is 12.2. The van der Waals surface area contributed by atoms with E-state index in [0.717, 1.165) is 27.8 Å². The molecule has 1 N–H and O–H groups in total. The van der Waals surface area contributed by atoms with Gasteiger partial charge >= 0.3 is 6.09 Å². The fourth-order valence-electron chi connectivity index (χ4n) is 2.96. The molecule has 0 saturated carbocycles. The summed E-state index contributed by atoms with van der Waals surface area (Å²) < 4.78 is 6.10. The molecule has 1 fully saturated rings. The van der Waals surface area contributed by atoms with Gasteiger partial charge < -0.3 is 15.0 Å². The van der Waals surface area contributed by atoms with Crippen LogP contribution in [0.2, 0.25) is 5.02 Å². The van der Waals surface area contributed by atoms with Crippen LogP contribution < -0.4 is 5.32 Å². The fourth-order valence-corrected chi connectivity index (χ4v) is 4.36. The molecular formula is C19H21ClN2O3S. The van der Waals surface area contributed by atoms with E-state index in [9.17, 15) is 9.59 Å². The summed E-state index contributed by atoms with van der Waals surface area (Å²) in [5.41, 5.74) is 0. The third-order valence-electron chi connectivity index (χ3n) is 4.31. The Kier molecular flexibility index (Phi) is 6.16. The van der Waals surface area contributed by atoms with Crippen molar-refractivity contribution in [2.24, 2.45) is 0 Å². The predicted molar refractivity (Wildman–Crippen MR) is 106 cm³/mol. The van der Waals surface area contributed by atoms with Crippen molar-refractivity contribution in [3.63, 3.8) is 0 Å². The Morgan fingerprint density at radius 1 is 1.35 bits per heavy atom. The lowest BCUT2D eigenvalue weighted by Gasteiger charge is -2.31. The van der Waals surface area contributed by atoms with E-state index < -0.39 is 0 Å². The van der Waals surface area contributed by atoms with Gasteiger partial charge in [0.25, 0.3) is 0 Å². The second-order valence-corrected chi connectivity index (χ2v) is 7.54. The number of piperidine rings is 1. The first-order valence-electron chi connectivity index (χ1n) is 8.65. The van der Waals surface area contributed by atoms with E-state index in [4.69, 9.17) is 16.3 Å². The average molecular weight is 393 g/mol. The molecule has 1 aliphatic heterocycles. The quantitative estimate of drug-likeness (QED) is 0.789. The monoisotopic (exact) mass is 392 g/mol. The molecule has 7 heteroatoms. The molecule has 0 bridgehead atoms. The molecule has 2 aromatic rings. The highest BCUT2D eigenvalue weighted by atomic mass is 35.5. The summed E-state index contributed by atoms with van der Waals surface area (Å²) in [6.07, 6.45) is 4.45. The van der Waals surface area contributed by atoms with Gasteiger partial charge in [0.05, 0.1) is 11.6 Å². The Morgan fingerprint density at radius 3 is 2.77 bits per heavy atom. The number of thiophene rings is 1. The summed E-state index contributed by atoms with van der Waals surface area (Å²) in [6, 6.07) is 7.97. The zero-order valence-electron chi connectivity index (χ0n) is 14.5. The lowest BCUT2D eigenvalue weighted by molar-refractivity contribution is -0.117. The summed E-state index contributed by atoms with van der Waals surface area (Å²) >= 11 is 7.95. The van der Waals surface area contributed by atoms with E-state index >= 15 is 0 Å². The van der Waals surface area contributed by atoms with Gasteiger partial charge in [-0.15, -0.1) is 11.3 Å². The van der Waals surface area contributed by atoms with Gasteiger partial charge in [-0.1, -0.05) is 29.8 Å². The van der Waals surface area contributed by atoms with Crippen LogP contribution in [0.5, 0.6) is 0 Å². The normalized spacial score (nSPS) is 15.5. The summed E-state index contributed by atoms with van der Waals surface area (Å²) in [4.78, 5) is 26.4. The van der Waals surface area contributed by atoms with Gasteiger partial charge in [0.1, 0.15) is 0 Å². The molecule has 0 aliphatic carbocycles. The van der Waals surface area contributed by atoms with E-state index in [0.29, 0.717) is 24.7 Å². The fraction of sp³-hybridized carbons (Fsp3) is 0.368. The number of nitrogens with zero attached hydrogens (tertiary/aromatic N) is 1. The minimum absolute atomic E-state index is 0.0655. The number of halogens is 1. The van der Waals surface area contributed by atoms with Gasteiger partial charge in [-0.3, -0.25) is 4.79 Å². The van der Waals surface area contributed by atoms with Crippen molar-refractivity contribution in [3.8, 4) is 0 Å². The topological polar surface area (TPSA) is 58.6 Å². The molecule has 1 aromatic heterocycles. The molecule has 0 spiro atoms. The molecule has 0 unspecified atom stereocenters. The number of fused-ring (bicyclic) bond motifs is 1. The first-order valence-corrected chi connectivity index (χ1v) is 9.85. The minimum Gasteiger partial charge on any atom is -0.450 e. The van der Waals surface area contributed by atoms with Crippen molar-refractivity contribution in [1.29, 1.82) is 0 Å². The number of carbonyl (C=O) groups is 2. The van der Waals surface area contributed by atoms with Crippen LogP contribution in [0, 0.1) is 0 Å². The van der Waals surface area contributed by atoms with Crippen LogP contribution in [0.1, 0.15) is 24.6 Å². The van der Waals surface area contributed by atoms with Crippen LogP contribution in [-0.4, -0.2) is 42.6 Å². The van der Waals surface area contributed by atoms with Crippen molar-refractivity contribution in [1.82, 2.24) is 10.2 Å². The number of carbonyl (C=O) groups excluding carboxylic acids is 2. The smallest absolute Gasteiger partial charge is 0.409 e. The first kappa shape index (κ1) is 18.7. The summed E-state index contributed by atoms with van der Waals surface area (Å²) in [5.74, 6) is -0.145. The number of nitrogens with one attached hydrogen (secondary N) is 1. The highest BCUT2D eigenvalue weighted by Gasteiger charge is 2.24. The Bertz CT molecular complexity index is 825. The standard InChI is InChI=1S/C19H21ClN2O3S/c1-2-25-19(24)22-11-9-13(10-12-22)21-17(23)8-7-16-18(20)14-5-3-4-6-15(14)26-16/h3-8,13H,2,9-12H2,1H3,(H,21,23)/b8-7+. The third kappa shape index (κ3) is 4.37. The maximum Gasteiger partial charge on any atom is 0.409 e. The molecule has 26 heavy (non-hydrogen) atoms. The first-order chi connectivity index (χ1) is 12.6. The van der Waals surface area contributed by atoms with Crippen molar-refractivity contribution in [3.05, 3.63) is 40.2 Å². The minimum atomic E-state index is -0.281. The molecule has 2 heterocycles. The lowest BCUT2D eigenvalue weighted by Crippen LogP contribution is -2.46. The van der Waals surface area contributed by atoms with Crippen molar-refractivity contribution in [2.45, 2.75) is 25.8 Å². The zero-order chi connectivity index (χ0) is 18.5. The largest absolute Gasteiger partial charge is 0.450 e. The molecule has 5 nitrogen and oxygen atoms in total. The molecule has 1 aliphatic rings. The Hall–Kier alpha value is -2.05. The summed E-state index contributed by atoms with van der Waals surface area (Å²) in [6.45, 7) is 3.35. The molecule has 138 valence electrons. The van der Waals surface area contributed by atoms with E-state index in [2.05, 4.69) is 5.32 Å². The van der Waals surface area contributed by atoms with Crippen molar-refractivity contribution < 1.29 is 14.3 Å². The Labute approximate surface area is 161 Å². The highest BCUT2D eigenvalue weighted by Crippen LogP contribution is 2.35. The van der Waals surface area contributed by atoms with Crippen molar-refractivity contribution >= 4 is 51.1 Å². The third-order valence-corrected chi connectivity index (χ3v) is 5.97. The van der Waals surface area contributed by atoms with Crippen molar-refractivity contribution in [2.75, 3.05) is 19.7 Å². The summed E-state index contributed by atoms with van der Waals surface area (Å²) in [7, 11) is 0. The van der Waals surface area contributed by atoms with Gasteiger partial charge in [-0.05, 0) is 31.9 Å². The second kappa shape index (κ2) is 8.56. The SMILES string of the molecule is CCOC(=O)N1CCC(NC(=O)/C=C/c2sc3ccccc3c2Cl)CC1. The lowest BCUT2D eigenvalue weighted by atomic mass is 10.1. The van der Waals surface area contributed by atoms with E-state index in [1.165, 1.54) is 6.08 Å². The zero-order valence-corrected chi connectivity index (χ0v) is 16.1. The van der Waals surface area contributed by atoms with Crippen LogP contribution in [0.15, 0.2) is 30.3 Å². The Balaban J connectivity index is 1.53. The number of hydrogen-bond donors (Lipinski definition) is 1. The van der Waals surface area contributed by atoms with Gasteiger partial charge in [0, 0.05) is 40.2 Å². The molecule has 0 atom stereocenters. The molecule has 1 saturated heterocycles. The summed E-state index contributed by atoms with van der Waals surface area (Å²) in [5, 5.41) is 4.67. The predicted octanol–water partition coefficient (Wildman–Crippen LogP) is 4.31. The molecule has 3 rings (SSSR count). The van der Waals surface area contributed by atoms with Gasteiger partial charge in [0.15, 0.2) is 0 Å². The molecular weight excluding hydrogens is 372 g/mol. The maximum absolute atomic E-state index is 12.2. The van der Waals surface area contributed by atoms with E-state index in [-0.39, 0.29) is 18.0 Å². The number of hydrogen-bond acceptors (Lipinski definition) is 4. The van der Waals surface area contributed by atoms with Crippen LogP contribution in [0.4, 0.5) is 4.79 Å². The van der Waals surface area contributed by atoms with Crippen LogP contribution >= 0.6 is 22.9 Å². The molecule has 1 aromatic carbocycles. The van der Waals surface area contributed by atoms with Gasteiger partial charge in [-0.25, -0.2) is 4.79 Å². The number of likely N-dealkylation sites (tertiary alicyclic amines) is 1.